The first kappa shape index (κ1) is 16.1. The Morgan fingerprint density at radius 1 is 1.00 bits per heavy atom. The Kier molecular flexibility index (Phi) is 3.68. The molecule has 2 bridgehead atoms. The van der Waals surface area contributed by atoms with E-state index in [0.717, 1.165) is 33.0 Å². The van der Waals surface area contributed by atoms with Gasteiger partial charge < -0.3 is 9.22 Å². The van der Waals surface area contributed by atoms with Crippen LogP contribution in [0.1, 0.15) is 36.3 Å². The maximum absolute atomic E-state index is 13.5. The molecular weight excluding hydrogens is 322 g/mol. The minimum Gasteiger partial charge on any atom is -0.457 e. The predicted octanol–water partition coefficient (Wildman–Crippen LogP) is 4.37. The number of hydrogen-bond donors (Lipinski definition) is 0. The predicted molar refractivity (Wildman–Crippen MR) is 101 cm³/mol. The summed E-state index contributed by atoms with van der Waals surface area (Å²) in [5.41, 5.74) is 2.05. The number of quaternary nitrogens is 1. The van der Waals surface area contributed by atoms with Crippen molar-refractivity contribution in [2.24, 2.45) is 11.8 Å². The summed E-state index contributed by atoms with van der Waals surface area (Å²) < 4.78 is 7.22. The van der Waals surface area contributed by atoms with Crippen LogP contribution in [0.25, 0.3) is 0 Å². The number of ketones is 1. The van der Waals surface area contributed by atoms with Gasteiger partial charge in [0.2, 0.25) is 0 Å². The van der Waals surface area contributed by atoms with Crippen molar-refractivity contribution in [2.45, 2.75) is 25.2 Å². The number of Topliss-reactive ketones (excluding diaryl/α,β-unsaturated/α-hetero) is 1. The molecule has 3 nitrogen and oxygen atoms in total. The van der Waals surface area contributed by atoms with E-state index in [9.17, 15) is 4.79 Å². The lowest BCUT2D eigenvalue weighted by atomic mass is 9.73. The molecule has 6 rings (SSSR count). The van der Waals surface area contributed by atoms with Gasteiger partial charge in [-0.2, -0.15) is 0 Å². The number of para-hydroxylation sites is 2. The minimum absolute atomic E-state index is 0.183. The number of rotatable bonds is 3. The van der Waals surface area contributed by atoms with Crippen molar-refractivity contribution in [1.29, 1.82) is 0 Å². The molecule has 2 aromatic rings. The topological polar surface area (TPSA) is 26.3 Å². The molecule has 4 aliphatic heterocycles. The molecule has 3 saturated heterocycles. The van der Waals surface area contributed by atoms with Crippen molar-refractivity contribution >= 4 is 5.78 Å². The fourth-order valence-electron chi connectivity index (χ4n) is 5.44. The molecule has 0 aliphatic carbocycles. The SMILES string of the molecule is C[N+]12CCC(CC1)[C@@H](CC(=O)C1c3ccccc3Oc3ccccc31)C2. The molecule has 0 aromatic heterocycles. The van der Waals surface area contributed by atoms with Crippen molar-refractivity contribution in [3.05, 3.63) is 59.7 Å². The summed E-state index contributed by atoms with van der Waals surface area (Å²) in [5.74, 6) is 3.12. The Morgan fingerprint density at radius 2 is 1.58 bits per heavy atom. The van der Waals surface area contributed by atoms with Crippen LogP contribution in [-0.2, 0) is 4.79 Å². The van der Waals surface area contributed by atoms with Crippen LogP contribution in [0.3, 0.4) is 0 Å². The highest BCUT2D eigenvalue weighted by Crippen LogP contribution is 2.46. The average Bonchev–Trinajstić information content (AvgIpc) is 2.66. The number of hydrogen-bond acceptors (Lipinski definition) is 2. The number of nitrogens with zero attached hydrogens (tertiary/aromatic N) is 1. The monoisotopic (exact) mass is 348 g/mol. The van der Waals surface area contributed by atoms with Gasteiger partial charge in [0, 0.05) is 36.3 Å². The van der Waals surface area contributed by atoms with Gasteiger partial charge in [0.15, 0.2) is 0 Å². The highest BCUT2D eigenvalue weighted by atomic mass is 16.5. The number of carbonyl (C=O) groups is 1. The second-order valence-corrected chi connectivity index (χ2v) is 8.63. The van der Waals surface area contributed by atoms with Gasteiger partial charge in [0.25, 0.3) is 0 Å². The Hall–Kier alpha value is -2.13. The Morgan fingerprint density at radius 3 is 2.15 bits per heavy atom. The zero-order chi connectivity index (χ0) is 17.7. The third-order valence-electron chi connectivity index (χ3n) is 6.89. The molecule has 0 amide bonds. The van der Waals surface area contributed by atoms with Crippen LogP contribution in [-0.4, -0.2) is 36.9 Å². The molecule has 26 heavy (non-hydrogen) atoms. The fourth-order valence-corrected chi connectivity index (χ4v) is 5.44. The van der Waals surface area contributed by atoms with Crippen LogP contribution in [0.15, 0.2) is 48.5 Å². The molecule has 0 radical (unpaired) electrons. The molecule has 1 atom stereocenters. The summed E-state index contributed by atoms with van der Waals surface area (Å²) in [7, 11) is 2.37. The van der Waals surface area contributed by atoms with Crippen LogP contribution < -0.4 is 4.74 Å². The lowest BCUT2D eigenvalue weighted by molar-refractivity contribution is -0.929. The van der Waals surface area contributed by atoms with Gasteiger partial charge in [-0.3, -0.25) is 4.79 Å². The highest BCUT2D eigenvalue weighted by molar-refractivity contribution is 5.91. The van der Waals surface area contributed by atoms with Gasteiger partial charge in [0.05, 0.1) is 32.6 Å². The maximum Gasteiger partial charge on any atom is 0.145 e. The van der Waals surface area contributed by atoms with E-state index in [0.29, 0.717) is 18.1 Å². The first-order chi connectivity index (χ1) is 12.6. The number of ether oxygens (including phenoxy) is 1. The summed E-state index contributed by atoms with van der Waals surface area (Å²) >= 11 is 0. The van der Waals surface area contributed by atoms with Gasteiger partial charge in [-0.15, -0.1) is 0 Å². The minimum atomic E-state index is -0.183. The zero-order valence-corrected chi connectivity index (χ0v) is 15.4. The molecule has 0 N–H and O–H groups in total. The Balaban J connectivity index is 1.47. The van der Waals surface area contributed by atoms with E-state index >= 15 is 0 Å². The molecule has 0 saturated carbocycles. The average molecular weight is 348 g/mol. The summed E-state index contributed by atoms with van der Waals surface area (Å²) in [5, 5.41) is 0. The Labute approximate surface area is 155 Å². The lowest BCUT2D eigenvalue weighted by Crippen LogP contribution is -2.59. The van der Waals surface area contributed by atoms with Gasteiger partial charge >= 0.3 is 0 Å². The van der Waals surface area contributed by atoms with Crippen molar-refractivity contribution in [3.8, 4) is 11.5 Å². The van der Waals surface area contributed by atoms with Gasteiger partial charge in [-0.05, 0) is 18.1 Å². The van der Waals surface area contributed by atoms with Crippen LogP contribution in [0.4, 0.5) is 0 Å². The Bertz CT molecular complexity index is 805. The van der Waals surface area contributed by atoms with E-state index in [2.05, 4.69) is 19.2 Å². The normalized spacial score (nSPS) is 29.6. The summed E-state index contributed by atoms with van der Waals surface area (Å²) in [6.45, 7) is 3.75. The molecule has 0 unspecified atom stereocenters. The van der Waals surface area contributed by atoms with Gasteiger partial charge in [-0.25, -0.2) is 0 Å². The summed E-state index contributed by atoms with van der Waals surface area (Å²) in [4.78, 5) is 13.5. The van der Waals surface area contributed by atoms with Gasteiger partial charge in [-0.1, -0.05) is 36.4 Å². The smallest absolute Gasteiger partial charge is 0.145 e. The molecule has 4 aliphatic rings. The molecule has 3 heteroatoms. The molecule has 0 spiro atoms. The zero-order valence-electron chi connectivity index (χ0n) is 15.4. The second-order valence-electron chi connectivity index (χ2n) is 8.63. The number of carbonyl (C=O) groups excluding carboxylic acids is 1. The number of fused-ring (bicyclic) bond motifs is 5. The standard InChI is InChI=1S/C23H26NO2/c1-24-12-10-16(11-13-24)17(15-24)14-20(25)23-18-6-2-4-8-21(18)26-22-9-5-3-7-19(22)23/h2-9,16-17,23H,10-15H2,1H3/q+1/t16?,17-,24?/m0/s1. The number of piperidine rings is 3. The molecule has 4 heterocycles. The fraction of sp³-hybridized carbons (Fsp3) is 0.435. The third kappa shape index (κ3) is 2.57. The van der Waals surface area contributed by atoms with Crippen molar-refractivity contribution in [3.63, 3.8) is 0 Å². The third-order valence-corrected chi connectivity index (χ3v) is 6.89. The van der Waals surface area contributed by atoms with E-state index < -0.39 is 0 Å². The lowest BCUT2D eigenvalue weighted by Gasteiger charge is -2.50. The first-order valence-corrected chi connectivity index (χ1v) is 9.85. The molecule has 3 fully saturated rings. The maximum atomic E-state index is 13.5. The second kappa shape index (κ2) is 5.95. The van der Waals surface area contributed by atoms with Crippen molar-refractivity contribution in [1.82, 2.24) is 0 Å². The highest BCUT2D eigenvalue weighted by Gasteiger charge is 2.45. The van der Waals surface area contributed by atoms with Crippen molar-refractivity contribution in [2.75, 3.05) is 26.7 Å². The van der Waals surface area contributed by atoms with Crippen LogP contribution in [0, 0.1) is 11.8 Å². The van der Waals surface area contributed by atoms with E-state index in [1.54, 1.807) is 0 Å². The summed E-state index contributed by atoms with van der Waals surface area (Å²) in [6.07, 6.45) is 3.27. The molecule has 134 valence electrons. The quantitative estimate of drug-likeness (QED) is 0.770. The van der Waals surface area contributed by atoms with E-state index in [1.807, 2.05) is 36.4 Å². The van der Waals surface area contributed by atoms with Gasteiger partial charge in [0.1, 0.15) is 17.3 Å². The van der Waals surface area contributed by atoms with Crippen molar-refractivity contribution < 1.29 is 14.0 Å². The van der Waals surface area contributed by atoms with Crippen LogP contribution in [0.2, 0.25) is 0 Å². The van der Waals surface area contributed by atoms with Crippen LogP contribution in [0.5, 0.6) is 11.5 Å². The van der Waals surface area contributed by atoms with Crippen LogP contribution >= 0.6 is 0 Å². The van der Waals surface area contributed by atoms with E-state index in [-0.39, 0.29) is 5.92 Å². The van der Waals surface area contributed by atoms with E-state index in [4.69, 9.17) is 4.74 Å². The number of benzene rings is 2. The first-order valence-electron chi connectivity index (χ1n) is 9.85. The van der Waals surface area contributed by atoms with E-state index in [1.165, 1.54) is 32.5 Å². The summed E-state index contributed by atoms with van der Waals surface area (Å²) in [6, 6.07) is 16.0. The largest absolute Gasteiger partial charge is 0.457 e. The molecule has 2 aromatic carbocycles. The molecular formula is C23H26NO2+.